The highest BCUT2D eigenvalue weighted by atomic mass is 32.2. The summed E-state index contributed by atoms with van der Waals surface area (Å²) >= 11 is 0.536. The highest BCUT2D eigenvalue weighted by molar-refractivity contribution is 7.94. The van der Waals surface area contributed by atoms with Crippen LogP contribution in [0.4, 0.5) is 13.2 Å². The summed E-state index contributed by atoms with van der Waals surface area (Å²) in [5.74, 6) is -0.359. The molecule has 114 valence electrons. The number of nitriles is 1. The summed E-state index contributed by atoms with van der Waals surface area (Å²) in [6.07, 6.45) is -3.64. The fourth-order valence-electron chi connectivity index (χ4n) is 1.84. The van der Waals surface area contributed by atoms with Crippen LogP contribution in [0.3, 0.4) is 0 Å². The zero-order valence-electron chi connectivity index (χ0n) is 10.6. The third-order valence-electron chi connectivity index (χ3n) is 2.96. The highest BCUT2D eigenvalue weighted by Crippen LogP contribution is 2.28. The van der Waals surface area contributed by atoms with Gasteiger partial charge in [0, 0.05) is 23.7 Å². The largest absolute Gasteiger partial charge is 0.411 e. The van der Waals surface area contributed by atoms with Crippen LogP contribution in [0, 0.1) is 17.2 Å². The number of hydrogen-bond donors (Lipinski definition) is 1. The zero-order valence-corrected chi connectivity index (χ0v) is 11.4. The topological polar surface area (TPSA) is 74.8 Å². The van der Waals surface area contributed by atoms with Gasteiger partial charge in [-0.15, -0.1) is 0 Å². The van der Waals surface area contributed by atoms with E-state index in [-0.39, 0.29) is 11.7 Å². The summed E-state index contributed by atoms with van der Waals surface area (Å²) in [6, 6.07) is 1.93. The normalized spacial score (nSPS) is 21.3. The van der Waals surface area contributed by atoms with E-state index in [1.807, 2.05) is 6.07 Å². The molecule has 5 nitrogen and oxygen atoms in total. The third-order valence-corrected chi connectivity index (χ3v) is 3.51. The number of halogens is 3. The van der Waals surface area contributed by atoms with E-state index in [2.05, 4.69) is 9.49 Å². The minimum Gasteiger partial charge on any atom is -0.411 e. The van der Waals surface area contributed by atoms with Gasteiger partial charge in [0.25, 0.3) is 0 Å². The fourth-order valence-corrected chi connectivity index (χ4v) is 2.37. The van der Waals surface area contributed by atoms with Gasteiger partial charge in [0.2, 0.25) is 0 Å². The monoisotopic (exact) mass is 312 g/mol. The Hall–Kier alpha value is -0.980. The van der Waals surface area contributed by atoms with E-state index >= 15 is 0 Å². The van der Waals surface area contributed by atoms with Crippen molar-refractivity contribution in [2.24, 2.45) is 11.1 Å². The van der Waals surface area contributed by atoms with Gasteiger partial charge in [0.1, 0.15) is 0 Å². The summed E-state index contributed by atoms with van der Waals surface area (Å²) in [7, 11) is 0. The van der Waals surface area contributed by atoms with Crippen LogP contribution in [0.25, 0.3) is 0 Å². The number of oxime groups is 1. The number of nitrogens with zero attached hydrogens (tertiary/aromatic N) is 2. The average molecular weight is 312 g/mol. The van der Waals surface area contributed by atoms with Gasteiger partial charge in [0.15, 0.2) is 6.10 Å². The van der Waals surface area contributed by atoms with Gasteiger partial charge >= 0.3 is 6.18 Å². The first-order valence-corrected chi connectivity index (χ1v) is 6.98. The molecule has 0 bridgehead atoms. The second kappa shape index (κ2) is 8.34. The number of alkyl halides is 3. The van der Waals surface area contributed by atoms with Crippen LogP contribution in [0.15, 0.2) is 5.16 Å². The van der Waals surface area contributed by atoms with Gasteiger partial charge in [0.05, 0.1) is 18.2 Å². The van der Waals surface area contributed by atoms with E-state index in [0.717, 1.165) is 0 Å². The van der Waals surface area contributed by atoms with Crippen LogP contribution in [0.2, 0.25) is 0 Å². The van der Waals surface area contributed by atoms with Crippen molar-refractivity contribution in [1.82, 2.24) is 0 Å². The fraction of sp³-hybridized carbons (Fsp3) is 0.818. The molecule has 1 saturated carbocycles. The van der Waals surface area contributed by atoms with Crippen molar-refractivity contribution >= 4 is 17.8 Å². The van der Waals surface area contributed by atoms with Crippen LogP contribution in [0.5, 0.6) is 0 Å². The molecule has 20 heavy (non-hydrogen) atoms. The molecule has 0 amide bonds. The molecule has 1 atom stereocenters. The lowest BCUT2D eigenvalue weighted by Gasteiger charge is -2.24. The van der Waals surface area contributed by atoms with E-state index < -0.39 is 18.7 Å². The van der Waals surface area contributed by atoms with E-state index in [1.54, 1.807) is 0 Å². The summed E-state index contributed by atoms with van der Waals surface area (Å²) in [5.41, 5.74) is 0.679. The molecule has 1 rings (SSSR count). The Balaban J connectivity index is 2.22. The Bertz CT molecular complexity index is 361. The van der Waals surface area contributed by atoms with Crippen molar-refractivity contribution in [3.05, 3.63) is 0 Å². The van der Waals surface area contributed by atoms with Crippen LogP contribution >= 0.6 is 12.0 Å². The molecule has 0 aliphatic heterocycles. The molecule has 1 aliphatic rings. The maximum Gasteiger partial charge on any atom is 0.389 e. The summed E-state index contributed by atoms with van der Waals surface area (Å²) in [6.45, 7) is 0. The van der Waals surface area contributed by atoms with Crippen LogP contribution in [-0.4, -0.2) is 29.0 Å². The van der Waals surface area contributed by atoms with E-state index in [9.17, 15) is 13.2 Å². The first-order valence-electron chi connectivity index (χ1n) is 6.07. The van der Waals surface area contributed by atoms with Gasteiger partial charge in [-0.25, -0.2) is 4.89 Å². The molecule has 1 N–H and O–H groups in total. The lowest BCUT2D eigenvalue weighted by atomic mass is 9.85. The van der Waals surface area contributed by atoms with Crippen molar-refractivity contribution in [1.29, 1.82) is 5.26 Å². The molecule has 9 heteroatoms. The molecule has 1 unspecified atom stereocenters. The summed E-state index contributed by atoms with van der Waals surface area (Å²) in [5, 5.41) is 20.7. The Morgan fingerprint density at radius 2 is 2.10 bits per heavy atom. The molecular weight excluding hydrogens is 297 g/mol. The minimum atomic E-state index is -4.23. The zero-order chi connectivity index (χ0) is 15.0. The lowest BCUT2D eigenvalue weighted by Crippen LogP contribution is -2.27. The van der Waals surface area contributed by atoms with Crippen LogP contribution in [-0.2, 0) is 9.22 Å². The first-order chi connectivity index (χ1) is 9.46. The predicted octanol–water partition coefficient (Wildman–Crippen LogP) is 3.45. The van der Waals surface area contributed by atoms with Crippen molar-refractivity contribution < 1.29 is 27.6 Å². The van der Waals surface area contributed by atoms with Crippen molar-refractivity contribution in [3.8, 4) is 6.07 Å². The molecule has 0 heterocycles. The average Bonchev–Trinajstić information content (AvgIpc) is 2.42. The third kappa shape index (κ3) is 6.45. The van der Waals surface area contributed by atoms with Crippen molar-refractivity contribution in [3.63, 3.8) is 0 Å². The molecule has 1 fully saturated rings. The Kier molecular flexibility index (Phi) is 7.12. The number of hydrogen-bond acceptors (Lipinski definition) is 6. The Morgan fingerprint density at radius 3 is 2.60 bits per heavy atom. The van der Waals surface area contributed by atoms with Crippen molar-refractivity contribution in [2.45, 2.75) is 44.4 Å². The summed E-state index contributed by atoms with van der Waals surface area (Å²) in [4.78, 5) is 4.85. The molecular formula is C11H15F3N2O3S. The quantitative estimate of drug-likeness (QED) is 0.267. The van der Waals surface area contributed by atoms with Gasteiger partial charge in [-0.2, -0.15) is 22.8 Å². The van der Waals surface area contributed by atoms with Gasteiger partial charge in [-0.1, -0.05) is 5.16 Å². The lowest BCUT2D eigenvalue weighted by molar-refractivity contribution is -0.228. The molecule has 0 spiro atoms. The molecule has 0 saturated heterocycles. The molecule has 0 radical (unpaired) electrons. The second-order valence-corrected chi connectivity index (χ2v) is 5.18. The predicted molar refractivity (Wildman–Crippen MR) is 65.9 cm³/mol. The SMILES string of the molecule is N#CC(OOSCCC(F)(F)F)C1CCC(=NO)CC1. The standard InChI is InChI=1S/C11H15F3N2O3S/c12-11(13,14)5-6-20-19-18-10(7-15)8-1-3-9(16-17)4-2-8/h8,10,17H,1-6H2. The Labute approximate surface area is 118 Å². The molecule has 0 aromatic heterocycles. The molecule has 0 aromatic rings. The second-order valence-electron chi connectivity index (χ2n) is 4.40. The van der Waals surface area contributed by atoms with Gasteiger partial charge in [-0.3, -0.25) is 0 Å². The maximum absolute atomic E-state index is 11.9. The van der Waals surface area contributed by atoms with Crippen molar-refractivity contribution in [2.75, 3.05) is 5.75 Å². The maximum atomic E-state index is 11.9. The van der Waals surface area contributed by atoms with Crippen LogP contribution < -0.4 is 0 Å². The number of rotatable bonds is 6. The summed E-state index contributed by atoms with van der Waals surface area (Å²) < 4.78 is 40.2. The molecule has 1 aliphatic carbocycles. The molecule has 0 aromatic carbocycles. The van der Waals surface area contributed by atoms with Gasteiger partial charge in [-0.05, 0) is 25.7 Å². The van der Waals surface area contributed by atoms with Crippen LogP contribution in [0.1, 0.15) is 32.1 Å². The van der Waals surface area contributed by atoms with E-state index in [4.69, 9.17) is 15.4 Å². The van der Waals surface area contributed by atoms with E-state index in [1.165, 1.54) is 0 Å². The van der Waals surface area contributed by atoms with Gasteiger partial charge < -0.3 is 5.21 Å². The smallest absolute Gasteiger partial charge is 0.389 e. The van der Waals surface area contributed by atoms with E-state index in [0.29, 0.717) is 43.4 Å². The highest BCUT2D eigenvalue weighted by Gasteiger charge is 2.29. The first kappa shape index (κ1) is 17.1. The minimum absolute atomic E-state index is 0.0753. The Morgan fingerprint density at radius 1 is 1.45 bits per heavy atom.